The predicted molar refractivity (Wildman–Crippen MR) is 129 cm³/mol. The molecule has 206 valence electrons. The number of aliphatic carboxylic acids is 1. The highest BCUT2D eigenvalue weighted by atomic mass is 32.2. The lowest BCUT2D eigenvalue weighted by atomic mass is 9.97. The number of carboxylic acid groups (broad SMARTS) is 1. The van der Waals surface area contributed by atoms with Gasteiger partial charge in [0.25, 0.3) is 11.8 Å². The van der Waals surface area contributed by atoms with Crippen LogP contribution < -0.4 is 22.1 Å². The number of nitrogens with one attached hydrogen (secondary N) is 2. The average molecular weight is 565 g/mol. The largest absolute Gasteiger partial charge is 0.478 e. The molecule has 0 aromatic heterocycles. The molecule has 19 heteroatoms. The number of nitrogens with zero attached hydrogens (tertiary/aromatic N) is 4. The smallest absolute Gasteiger partial charge is 0.362 e. The Labute approximate surface area is 216 Å². The third-order valence-corrected chi connectivity index (χ3v) is 7.40. The summed E-state index contributed by atoms with van der Waals surface area (Å²) in [5.41, 5.74) is 8.38. The van der Waals surface area contributed by atoms with E-state index >= 15 is 0 Å². The number of carbonyl (C=O) groups is 4. The Balaban J connectivity index is 1.83. The minimum absolute atomic E-state index is 0.0679. The topological polar surface area (TPSA) is 250 Å². The normalized spacial score (nSPS) is 24.6. The number of urea groups is 1. The number of hydrogen-bond acceptors (Lipinski definition) is 12. The van der Waals surface area contributed by atoms with Gasteiger partial charge in [0.05, 0.1) is 11.7 Å². The standard InChI is InChI=1S/C18H28N8O9S2/c1-18(2,15(29)30)35-23-11(9-8-36-16(20)21-9)13(27)22-12-10(26(14(12)28)37(32,33)34)7-25-6-5-24(4-3-19)17(25)31/h8,10,12,16,21H,3-7,19-20H2,1-2H3,(H,22,27)(H,29,30)(H,32,33,34)/b23-11-. The third kappa shape index (κ3) is 6.06. The van der Waals surface area contributed by atoms with Gasteiger partial charge in [-0.2, -0.15) is 8.42 Å². The molecule has 0 radical (unpaired) electrons. The van der Waals surface area contributed by atoms with Crippen LogP contribution in [0.15, 0.2) is 16.3 Å². The minimum Gasteiger partial charge on any atom is -0.478 e. The van der Waals surface area contributed by atoms with Crippen LogP contribution in [0.25, 0.3) is 0 Å². The Morgan fingerprint density at radius 3 is 2.51 bits per heavy atom. The van der Waals surface area contributed by atoms with Crippen LogP contribution in [0.4, 0.5) is 4.79 Å². The van der Waals surface area contributed by atoms with Gasteiger partial charge in [0.15, 0.2) is 5.71 Å². The molecule has 0 aromatic rings. The summed E-state index contributed by atoms with van der Waals surface area (Å²) in [5, 5.41) is 19.4. The second-order valence-electron chi connectivity index (χ2n) is 8.71. The van der Waals surface area contributed by atoms with Crippen molar-refractivity contribution < 1.29 is 42.1 Å². The van der Waals surface area contributed by atoms with E-state index in [1.807, 2.05) is 0 Å². The molecular formula is C18H28N8O9S2. The maximum absolute atomic E-state index is 13.1. The second-order valence-corrected chi connectivity index (χ2v) is 11.0. The average Bonchev–Trinajstić information content (AvgIpc) is 3.37. The van der Waals surface area contributed by atoms with Crippen molar-refractivity contribution in [2.45, 2.75) is 37.0 Å². The minimum atomic E-state index is -5.00. The summed E-state index contributed by atoms with van der Waals surface area (Å²) in [4.78, 5) is 57.4. The Kier molecular flexibility index (Phi) is 8.22. The van der Waals surface area contributed by atoms with Crippen molar-refractivity contribution in [2.75, 3.05) is 32.7 Å². The number of β-lactam (4-membered cyclic amide) rings is 1. The van der Waals surface area contributed by atoms with Crippen LogP contribution in [-0.4, -0.2) is 118 Å². The van der Waals surface area contributed by atoms with E-state index < -0.39 is 63.0 Å². The Morgan fingerprint density at radius 1 is 1.32 bits per heavy atom. The van der Waals surface area contributed by atoms with Crippen LogP contribution in [0.5, 0.6) is 0 Å². The zero-order valence-electron chi connectivity index (χ0n) is 19.9. The number of nitrogens with two attached hydrogens (primary N) is 2. The van der Waals surface area contributed by atoms with Crippen LogP contribution in [0.2, 0.25) is 0 Å². The molecule has 3 aliphatic rings. The van der Waals surface area contributed by atoms with E-state index in [4.69, 9.17) is 16.3 Å². The van der Waals surface area contributed by atoms with Gasteiger partial charge in [-0.1, -0.05) is 16.9 Å². The lowest BCUT2D eigenvalue weighted by Gasteiger charge is -2.45. The van der Waals surface area contributed by atoms with Gasteiger partial charge in [-0.3, -0.25) is 14.1 Å². The fourth-order valence-electron chi connectivity index (χ4n) is 3.64. The Morgan fingerprint density at radius 2 is 1.97 bits per heavy atom. The third-order valence-electron chi connectivity index (χ3n) is 5.67. The van der Waals surface area contributed by atoms with E-state index in [9.17, 15) is 37.3 Å². The van der Waals surface area contributed by atoms with Crippen molar-refractivity contribution >= 4 is 51.6 Å². The quantitative estimate of drug-likeness (QED) is 0.0628. The first-order valence-electron chi connectivity index (χ1n) is 10.9. The highest BCUT2D eigenvalue weighted by Crippen LogP contribution is 2.27. The van der Waals surface area contributed by atoms with Crippen molar-refractivity contribution in [3.05, 3.63) is 11.1 Å². The summed E-state index contributed by atoms with van der Waals surface area (Å²) in [6, 6.07) is -3.23. The van der Waals surface area contributed by atoms with Crippen LogP contribution in [0.1, 0.15) is 13.8 Å². The SMILES string of the molecule is CC(C)(O/N=C(\C(=O)NC1C(=O)N(S(=O)(=O)O)C1CN1CCN(CCN)C1=O)C1=CSC(N)N1)C(=O)O. The first-order valence-corrected chi connectivity index (χ1v) is 13.2. The molecule has 37 heavy (non-hydrogen) atoms. The van der Waals surface area contributed by atoms with Gasteiger partial charge in [0.1, 0.15) is 11.5 Å². The van der Waals surface area contributed by atoms with Crippen LogP contribution in [0.3, 0.4) is 0 Å². The lowest BCUT2D eigenvalue weighted by molar-refractivity contribution is -0.161. The van der Waals surface area contributed by atoms with E-state index in [0.717, 1.165) is 11.8 Å². The van der Waals surface area contributed by atoms with Crippen molar-refractivity contribution in [3.63, 3.8) is 0 Å². The maximum atomic E-state index is 13.1. The first-order chi connectivity index (χ1) is 17.2. The molecule has 0 saturated carbocycles. The lowest BCUT2D eigenvalue weighted by Crippen LogP contribution is -2.74. The number of rotatable bonds is 11. The molecule has 2 fully saturated rings. The van der Waals surface area contributed by atoms with Gasteiger partial charge in [0, 0.05) is 38.1 Å². The number of oxime groups is 1. The summed E-state index contributed by atoms with van der Waals surface area (Å²) < 4.78 is 33.4. The fraction of sp³-hybridized carbons (Fsp3) is 0.611. The molecule has 0 bridgehead atoms. The molecule has 17 nitrogen and oxygen atoms in total. The molecule has 3 rings (SSSR count). The summed E-state index contributed by atoms with van der Waals surface area (Å²) in [7, 11) is -5.00. The van der Waals surface area contributed by atoms with Gasteiger partial charge in [-0.25, -0.2) is 13.9 Å². The maximum Gasteiger partial charge on any atom is 0.362 e. The van der Waals surface area contributed by atoms with Crippen LogP contribution >= 0.6 is 11.8 Å². The highest BCUT2D eigenvalue weighted by Gasteiger charge is 2.55. The molecule has 0 aliphatic carbocycles. The Hall–Kier alpha value is -3.13. The zero-order valence-corrected chi connectivity index (χ0v) is 21.5. The molecule has 8 N–H and O–H groups in total. The van der Waals surface area contributed by atoms with Crippen molar-refractivity contribution in [1.29, 1.82) is 0 Å². The number of carboxylic acids is 1. The van der Waals surface area contributed by atoms with E-state index in [2.05, 4.69) is 15.8 Å². The van der Waals surface area contributed by atoms with Crippen molar-refractivity contribution in [3.8, 4) is 0 Å². The predicted octanol–water partition coefficient (Wildman–Crippen LogP) is -3.16. The molecule has 2 saturated heterocycles. The Bertz CT molecular complexity index is 1140. The number of amides is 4. The monoisotopic (exact) mass is 564 g/mol. The molecule has 3 unspecified atom stereocenters. The molecule has 3 atom stereocenters. The van der Waals surface area contributed by atoms with E-state index in [1.54, 1.807) is 0 Å². The molecule has 0 spiro atoms. The summed E-state index contributed by atoms with van der Waals surface area (Å²) >= 11 is 1.09. The fourth-order valence-corrected chi connectivity index (χ4v) is 5.17. The van der Waals surface area contributed by atoms with Crippen LogP contribution in [-0.2, 0) is 29.5 Å². The summed E-state index contributed by atoms with van der Waals surface area (Å²) in [6.45, 7) is 3.10. The molecular weight excluding hydrogens is 536 g/mol. The van der Waals surface area contributed by atoms with Gasteiger partial charge >= 0.3 is 22.3 Å². The second kappa shape index (κ2) is 10.7. The number of thioether (sulfide) groups is 1. The van der Waals surface area contributed by atoms with Gasteiger partial charge in [0.2, 0.25) is 5.60 Å². The van der Waals surface area contributed by atoms with Gasteiger partial charge in [-0.15, -0.1) is 0 Å². The molecule has 4 amide bonds. The van der Waals surface area contributed by atoms with E-state index in [0.29, 0.717) is 6.54 Å². The van der Waals surface area contributed by atoms with Crippen molar-refractivity contribution in [2.24, 2.45) is 16.6 Å². The summed E-state index contributed by atoms with van der Waals surface area (Å²) in [5.74, 6) is -3.53. The van der Waals surface area contributed by atoms with E-state index in [-0.39, 0.29) is 36.2 Å². The molecule has 3 aliphatic heterocycles. The number of carbonyl (C=O) groups excluding carboxylic acids is 3. The zero-order chi connectivity index (χ0) is 27.7. The van der Waals surface area contributed by atoms with Gasteiger partial charge in [-0.05, 0) is 13.8 Å². The summed E-state index contributed by atoms with van der Waals surface area (Å²) in [6.07, 6.45) is 0. The van der Waals surface area contributed by atoms with Gasteiger partial charge < -0.3 is 41.8 Å². The van der Waals surface area contributed by atoms with Crippen molar-refractivity contribution in [1.82, 2.24) is 24.7 Å². The first kappa shape index (κ1) is 28.4. The molecule has 3 heterocycles. The van der Waals surface area contributed by atoms with Crippen LogP contribution in [0, 0.1) is 0 Å². The molecule has 0 aromatic carbocycles. The van der Waals surface area contributed by atoms with E-state index in [1.165, 1.54) is 29.1 Å². The number of hydrogen-bond donors (Lipinski definition) is 6. The highest BCUT2D eigenvalue weighted by molar-refractivity contribution is 8.02.